The van der Waals surface area contributed by atoms with Crippen LogP contribution in [0.15, 0.2) is 18.2 Å². The molecule has 0 spiro atoms. The van der Waals surface area contributed by atoms with E-state index in [1.165, 1.54) is 12.1 Å². The van der Waals surface area contributed by atoms with Gasteiger partial charge in [-0.3, -0.25) is 4.79 Å². The van der Waals surface area contributed by atoms with Crippen molar-refractivity contribution in [2.24, 2.45) is 0 Å². The van der Waals surface area contributed by atoms with Crippen LogP contribution in [0.2, 0.25) is 0 Å². The van der Waals surface area contributed by atoms with E-state index in [1.54, 1.807) is 13.0 Å². The first-order valence-corrected chi connectivity index (χ1v) is 8.55. The molecule has 0 saturated carbocycles. The first-order chi connectivity index (χ1) is 10.3. The maximum absolute atomic E-state index is 11.8. The quantitative estimate of drug-likeness (QED) is 0.809. The molecule has 1 atom stereocenters. The summed E-state index contributed by atoms with van der Waals surface area (Å²) in [6, 6.07) is 4.23. The van der Waals surface area contributed by atoms with E-state index < -0.39 is 27.8 Å². The lowest BCUT2D eigenvalue weighted by Crippen LogP contribution is -2.38. The van der Waals surface area contributed by atoms with Crippen LogP contribution in [-0.2, 0) is 14.6 Å². The van der Waals surface area contributed by atoms with E-state index in [2.05, 4.69) is 5.32 Å². The highest BCUT2D eigenvalue weighted by Gasteiger charge is 2.29. The Morgan fingerprint density at radius 2 is 2.14 bits per heavy atom. The van der Waals surface area contributed by atoms with Crippen LogP contribution in [0.4, 0.5) is 0 Å². The highest BCUT2D eigenvalue weighted by molar-refractivity contribution is 7.91. The molecule has 1 fully saturated rings. The Balaban J connectivity index is 1.93. The van der Waals surface area contributed by atoms with Crippen molar-refractivity contribution >= 4 is 21.7 Å². The second kappa shape index (κ2) is 6.35. The zero-order chi connectivity index (χ0) is 16.3. The number of amides is 1. The fourth-order valence-electron chi connectivity index (χ4n) is 2.26. The van der Waals surface area contributed by atoms with Gasteiger partial charge in [0.05, 0.1) is 11.5 Å². The van der Waals surface area contributed by atoms with Gasteiger partial charge in [0.1, 0.15) is 11.3 Å². The second-order valence-electron chi connectivity index (χ2n) is 5.26. The minimum absolute atomic E-state index is 0.0174. The molecule has 1 saturated heterocycles. The van der Waals surface area contributed by atoms with Crippen LogP contribution in [0, 0.1) is 6.92 Å². The molecular weight excluding hydrogens is 310 g/mol. The summed E-state index contributed by atoms with van der Waals surface area (Å²) in [5, 5.41) is 11.7. The first-order valence-electron chi connectivity index (χ1n) is 6.73. The summed E-state index contributed by atoms with van der Waals surface area (Å²) in [7, 11) is -3.06. The third-order valence-corrected chi connectivity index (χ3v) is 5.09. The Hall–Kier alpha value is -2.09. The molecule has 22 heavy (non-hydrogen) atoms. The van der Waals surface area contributed by atoms with E-state index >= 15 is 0 Å². The molecule has 0 radical (unpaired) electrons. The van der Waals surface area contributed by atoms with Crippen molar-refractivity contribution in [2.75, 3.05) is 18.1 Å². The van der Waals surface area contributed by atoms with Gasteiger partial charge in [-0.25, -0.2) is 13.2 Å². The van der Waals surface area contributed by atoms with Crippen LogP contribution in [0.25, 0.3) is 0 Å². The lowest BCUT2D eigenvalue weighted by molar-refractivity contribution is -0.123. The molecule has 0 unspecified atom stereocenters. The maximum atomic E-state index is 11.8. The van der Waals surface area contributed by atoms with Crippen molar-refractivity contribution in [3.8, 4) is 5.75 Å². The fraction of sp³-hybridized carbons (Fsp3) is 0.429. The van der Waals surface area contributed by atoms with Gasteiger partial charge in [-0.1, -0.05) is 11.6 Å². The Morgan fingerprint density at radius 3 is 2.73 bits per heavy atom. The third-order valence-electron chi connectivity index (χ3n) is 3.32. The highest BCUT2D eigenvalue weighted by Crippen LogP contribution is 2.20. The molecule has 120 valence electrons. The molecule has 2 rings (SSSR count). The summed E-state index contributed by atoms with van der Waals surface area (Å²) in [5.74, 6) is -1.50. The molecule has 8 heteroatoms. The number of carboxylic acid groups (broad SMARTS) is 1. The summed E-state index contributed by atoms with van der Waals surface area (Å²) in [6.45, 7) is 1.39. The SMILES string of the molecule is Cc1ccc(OCC(=O)N[C@@H]2CCS(=O)(=O)C2)c(C(=O)O)c1. The second-order valence-corrected chi connectivity index (χ2v) is 7.49. The molecule has 0 aliphatic carbocycles. The Bertz CT molecular complexity index is 697. The number of aromatic carboxylic acids is 1. The van der Waals surface area contributed by atoms with E-state index in [1.807, 2.05) is 0 Å². The molecular formula is C14H17NO6S. The normalized spacial score (nSPS) is 19.6. The zero-order valence-corrected chi connectivity index (χ0v) is 12.9. The number of hydrogen-bond acceptors (Lipinski definition) is 5. The van der Waals surface area contributed by atoms with E-state index in [0.29, 0.717) is 6.42 Å². The average molecular weight is 327 g/mol. The number of rotatable bonds is 5. The number of benzene rings is 1. The van der Waals surface area contributed by atoms with Gasteiger partial charge in [-0.15, -0.1) is 0 Å². The van der Waals surface area contributed by atoms with Gasteiger partial charge in [0.15, 0.2) is 16.4 Å². The number of aryl methyl sites for hydroxylation is 1. The van der Waals surface area contributed by atoms with Crippen molar-refractivity contribution in [2.45, 2.75) is 19.4 Å². The molecule has 1 amide bonds. The van der Waals surface area contributed by atoms with Crippen LogP contribution in [0.1, 0.15) is 22.3 Å². The van der Waals surface area contributed by atoms with Gasteiger partial charge in [0, 0.05) is 6.04 Å². The number of sulfone groups is 1. The average Bonchev–Trinajstić information content (AvgIpc) is 2.76. The third kappa shape index (κ3) is 4.20. The predicted octanol–water partition coefficient (Wildman–Crippen LogP) is 0.375. The van der Waals surface area contributed by atoms with Crippen LogP contribution in [0.5, 0.6) is 5.75 Å². The zero-order valence-electron chi connectivity index (χ0n) is 12.0. The Morgan fingerprint density at radius 1 is 1.41 bits per heavy atom. The number of carbonyl (C=O) groups is 2. The summed E-state index contributed by atoms with van der Waals surface area (Å²) < 4.78 is 27.8. The molecule has 7 nitrogen and oxygen atoms in total. The van der Waals surface area contributed by atoms with E-state index in [-0.39, 0.29) is 29.4 Å². The van der Waals surface area contributed by atoms with Crippen molar-refractivity contribution in [1.82, 2.24) is 5.32 Å². The number of carbonyl (C=O) groups excluding carboxylic acids is 1. The molecule has 0 aromatic heterocycles. The molecule has 1 aromatic carbocycles. The summed E-state index contributed by atoms with van der Waals surface area (Å²) >= 11 is 0. The molecule has 0 bridgehead atoms. The van der Waals surface area contributed by atoms with E-state index in [0.717, 1.165) is 5.56 Å². The van der Waals surface area contributed by atoms with Crippen LogP contribution in [-0.4, -0.2) is 49.6 Å². The van der Waals surface area contributed by atoms with E-state index in [9.17, 15) is 18.0 Å². The Labute approximate surface area is 128 Å². The minimum atomic E-state index is -3.06. The Kier molecular flexibility index (Phi) is 4.70. The van der Waals surface area contributed by atoms with Gasteiger partial charge >= 0.3 is 5.97 Å². The highest BCUT2D eigenvalue weighted by atomic mass is 32.2. The van der Waals surface area contributed by atoms with Crippen molar-refractivity contribution in [1.29, 1.82) is 0 Å². The molecule has 1 aliphatic heterocycles. The number of hydrogen-bond donors (Lipinski definition) is 2. The van der Waals surface area contributed by atoms with Gasteiger partial charge in [0.2, 0.25) is 0 Å². The largest absolute Gasteiger partial charge is 0.483 e. The first kappa shape index (κ1) is 16.3. The molecule has 1 aromatic rings. The van der Waals surface area contributed by atoms with Crippen molar-refractivity contribution in [3.05, 3.63) is 29.3 Å². The maximum Gasteiger partial charge on any atom is 0.339 e. The smallest absolute Gasteiger partial charge is 0.339 e. The minimum Gasteiger partial charge on any atom is -0.483 e. The van der Waals surface area contributed by atoms with Crippen LogP contribution >= 0.6 is 0 Å². The monoisotopic (exact) mass is 327 g/mol. The van der Waals surface area contributed by atoms with Crippen LogP contribution in [0.3, 0.4) is 0 Å². The number of carboxylic acids is 1. The van der Waals surface area contributed by atoms with Crippen LogP contribution < -0.4 is 10.1 Å². The number of nitrogens with one attached hydrogen (secondary N) is 1. The molecule has 1 aliphatic rings. The van der Waals surface area contributed by atoms with Gasteiger partial charge in [-0.2, -0.15) is 0 Å². The van der Waals surface area contributed by atoms with Gasteiger partial charge in [-0.05, 0) is 25.5 Å². The van der Waals surface area contributed by atoms with Gasteiger partial charge < -0.3 is 15.2 Å². The van der Waals surface area contributed by atoms with Crippen molar-refractivity contribution < 1.29 is 27.9 Å². The summed E-state index contributed by atoms with van der Waals surface area (Å²) in [6.07, 6.45) is 0.388. The molecule has 2 N–H and O–H groups in total. The summed E-state index contributed by atoms with van der Waals surface area (Å²) in [5.41, 5.74) is 0.751. The lowest BCUT2D eigenvalue weighted by Gasteiger charge is -2.13. The lowest BCUT2D eigenvalue weighted by atomic mass is 10.1. The summed E-state index contributed by atoms with van der Waals surface area (Å²) in [4.78, 5) is 22.9. The molecule has 1 heterocycles. The van der Waals surface area contributed by atoms with Gasteiger partial charge in [0.25, 0.3) is 5.91 Å². The van der Waals surface area contributed by atoms with Crippen molar-refractivity contribution in [3.63, 3.8) is 0 Å². The standard InChI is InChI=1S/C14H17NO6S/c1-9-2-3-12(11(6-9)14(17)18)21-7-13(16)15-10-4-5-22(19,20)8-10/h2-3,6,10H,4-5,7-8H2,1H3,(H,15,16)(H,17,18)/t10-/m1/s1. The van der Waals surface area contributed by atoms with E-state index in [4.69, 9.17) is 9.84 Å². The predicted molar refractivity (Wildman–Crippen MR) is 78.8 cm³/mol. The fourth-order valence-corrected chi connectivity index (χ4v) is 3.93. The number of ether oxygens (including phenoxy) is 1. The topological polar surface area (TPSA) is 110 Å².